The van der Waals surface area contributed by atoms with E-state index in [1.165, 1.54) is 11.6 Å². The summed E-state index contributed by atoms with van der Waals surface area (Å²) < 4.78 is 13.2. The van der Waals surface area contributed by atoms with Crippen LogP contribution in [-0.4, -0.2) is 0 Å². The zero-order chi connectivity index (χ0) is 14.2. The molecule has 1 atom stereocenters. The number of halogens is 2. The topological polar surface area (TPSA) is 23.8 Å². The summed E-state index contributed by atoms with van der Waals surface area (Å²) in [6.07, 6.45) is 2.29. The predicted molar refractivity (Wildman–Crippen MR) is 77.2 cm³/mol. The van der Waals surface area contributed by atoms with Gasteiger partial charge < -0.3 is 0 Å². The summed E-state index contributed by atoms with van der Waals surface area (Å²) in [5.41, 5.74) is 2.72. The highest BCUT2D eigenvalue weighted by molar-refractivity contribution is 6.30. The Kier molecular flexibility index (Phi) is 3.23. The third-order valence-corrected chi connectivity index (χ3v) is 4.35. The number of hydrogen-bond acceptors (Lipinski definition) is 1. The van der Waals surface area contributed by atoms with Crippen molar-refractivity contribution in [1.82, 2.24) is 0 Å². The van der Waals surface area contributed by atoms with Crippen molar-refractivity contribution < 1.29 is 4.39 Å². The van der Waals surface area contributed by atoms with Gasteiger partial charge in [-0.1, -0.05) is 41.9 Å². The van der Waals surface area contributed by atoms with Crippen molar-refractivity contribution in [3.8, 4) is 6.07 Å². The van der Waals surface area contributed by atoms with Crippen molar-refractivity contribution in [2.45, 2.75) is 24.7 Å². The van der Waals surface area contributed by atoms with Gasteiger partial charge in [-0.15, -0.1) is 0 Å². The first-order chi connectivity index (χ1) is 9.64. The summed E-state index contributed by atoms with van der Waals surface area (Å²) in [5, 5.41) is 9.80. The van der Waals surface area contributed by atoms with Crippen LogP contribution >= 0.6 is 11.6 Å². The van der Waals surface area contributed by atoms with Gasteiger partial charge in [0.1, 0.15) is 5.82 Å². The Labute approximate surface area is 122 Å². The van der Waals surface area contributed by atoms with Crippen LogP contribution in [0.4, 0.5) is 4.39 Å². The molecule has 0 saturated carbocycles. The van der Waals surface area contributed by atoms with Gasteiger partial charge in [-0.3, -0.25) is 0 Å². The second-order valence-electron chi connectivity index (χ2n) is 5.28. The molecular formula is C17H13ClFN. The van der Waals surface area contributed by atoms with E-state index >= 15 is 0 Å². The lowest BCUT2D eigenvalue weighted by Crippen LogP contribution is -2.23. The van der Waals surface area contributed by atoms with E-state index in [1.807, 2.05) is 18.2 Å². The molecule has 0 aliphatic heterocycles. The molecule has 3 heteroatoms. The number of hydrogen-bond donors (Lipinski definition) is 0. The fraction of sp³-hybridized carbons (Fsp3) is 0.235. The van der Waals surface area contributed by atoms with Crippen LogP contribution in [0.25, 0.3) is 0 Å². The van der Waals surface area contributed by atoms with E-state index in [1.54, 1.807) is 12.1 Å². The minimum Gasteiger partial charge on any atom is -0.205 e. The first kappa shape index (κ1) is 13.1. The molecule has 1 aliphatic rings. The number of fused-ring (bicyclic) bond motifs is 1. The molecule has 0 amide bonds. The van der Waals surface area contributed by atoms with Crippen molar-refractivity contribution >= 4 is 11.6 Å². The van der Waals surface area contributed by atoms with Gasteiger partial charge in [-0.2, -0.15) is 5.26 Å². The van der Waals surface area contributed by atoms with Gasteiger partial charge in [0.05, 0.1) is 16.5 Å². The van der Waals surface area contributed by atoms with Crippen LogP contribution in [0.15, 0.2) is 42.5 Å². The van der Waals surface area contributed by atoms with Crippen molar-refractivity contribution in [3.05, 3.63) is 70.0 Å². The third kappa shape index (κ3) is 2.09. The Morgan fingerprint density at radius 2 is 2.05 bits per heavy atom. The molecule has 0 saturated heterocycles. The molecule has 20 heavy (non-hydrogen) atoms. The molecule has 1 nitrogen and oxygen atoms in total. The zero-order valence-corrected chi connectivity index (χ0v) is 11.6. The highest BCUT2D eigenvalue weighted by Crippen LogP contribution is 2.41. The Bertz CT molecular complexity index is 704. The van der Waals surface area contributed by atoms with E-state index in [2.05, 4.69) is 12.1 Å². The molecule has 1 unspecified atom stereocenters. The summed E-state index contributed by atoms with van der Waals surface area (Å²) in [6.45, 7) is 0. The largest absolute Gasteiger partial charge is 0.205 e. The monoisotopic (exact) mass is 285 g/mol. The zero-order valence-electron chi connectivity index (χ0n) is 10.9. The third-order valence-electron chi connectivity index (χ3n) is 4.06. The van der Waals surface area contributed by atoms with Gasteiger partial charge in [-0.25, -0.2) is 4.39 Å². The van der Waals surface area contributed by atoms with Crippen molar-refractivity contribution in [2.75, 3.05) is 0 Å². The Morgan fingerprint density at radius 3 is 2.80 bits per heavy atom. The van der Waals surface area contributed by atoms with E-state index < -0.39 is 11.2 Å². The molecule has 0 fully saturated rings. The molecule has 0 spiro atoms. The normalized spacial score (nSPS) is 20.4. The first-order valence-electron chi connectivity index (χ1n) is 6.58. The minimum absolute atomic E-state index is 0.113. The maximum Gasteiger partial charge on any atom is 0.141 e. The van der Waals surface area contributed by atoms with E-state index in [-0.39, 0.29) is 5.02 Å². The standard InChI is InChI=1S/C17H13ClFN/c18-15-9-12(5-6-16(15)19)10-17(11-20)8-7-13-3-1-2-4-14(13)17/h1-6,9H,7-8,10H2. The fourth-order valence-electron chi connectivity index (χ4n) is 3.03. The van der Waals surface area contributed by atoms with Crippen LogP contribution in [0, 0.1) is 17.1 Å². The fourth-order valence-corrected chi connectivity index (χ4v) is 3.23. The maximum atomic E-state index is 13.2. The van der Waals surface area contributed by atoms with E-state index in [0.29, 0.717) is 6.42 Å². The quantitative estimate of drug-likeness (QED) is 0.801. The molecule has 0 radical (unpaired) electrons. The molecule has 2 aromatic rings. The van der Waals surface area contributed by atoms with E-state index in [4.69, 9.17) is 11.6 Å². The summed E-state index contributed by atoms with van der Waals surface area (Å²) in [6, 6.07) is 15.2. The lowest BCUT2D eigenvalue weighted by Gasteiger charge is -2.22. The predicted octanol–water partition coefficient (Wildman–Crippen LogP) is 4.43. The SMILES string of the molecule is N#CC1(Cc2ccc(F)c(Cl)c2)CCc2ccccc21. The molecule has 0 heterocycles. The van der Waals surface area contributed by atoms with Crippen LogP contribution < -0.4 is 0 Å². The highest BCUT2D eigenvalue weighted by atomic mass is 35.5. The van der Waals surface area contributed by atoms with Crippen molar-refractivity contribution in [3.63, 3.8) is 0 Å². The summed E-state index contributed by atoms with van der Waals surface area (Å²) >= 11 is 5.83. The number of nitrogens with zero attached hydrogens (tertiary/aromatic N) is 1. The lowest BCUT2D eigenvalue weighted by molar-refractivity contribution is 0.540. The molecule has 0 N–H and O–H groups in total. The highest BCUT2D eigenvalue weighted by Gasteiger charge is 2.38. The molecular weight excluding hydrogens is 273 g/mol. The van der Waals surface area contributed by atoms with Crippen LogP contribution in [0.5, 0.6) is 0 Å². The van der Waals surface area contributed by atoms with Crippen LogP contribution in [0.2, 0.25) is 5.02 Å². The second kappa shape index (κ2) is 4.92. The Balaban J connectivity index is 2.00. The van der Waals surface area contributed by atoms with Gasteiger partial charge in [0.15, 0.2) is 0 Å². The van der Waals surface area contributed by atoms with E-state index in [9.17, 15) is 9.65 Å². The van der Waals surface area contributed by atoms with Crippen LogP contribution in [0.1, 0.15) is 23.1 Å². The molecule has 0 bridgehead atoms. The maximum absolute atomic E-state index is 13.2. The molecule has 0 aromatic heterocycles. The number of nitriles is 1. The van der Waals surface area contributed by atoms with Crippen molar-refractivity contribution in [1.29, 1.82) is 5.26 Å². The average molecular weight is 286 g/mol. The summed E-state index contributed by atoms with van der Waals surface area (Å²) in [5.74, 6) is -0.423. The van der Waals surface area contributed by atoms with Crippen molar-refractivity contribution in [2.24, 2.45) is 0 Å². The number of benzene rings is 2. The summed E-state index contributed by atoms with van der Waals surface area (Å²) in [7, 11) is 0. The number of aryl methyl sites for hydroxylation is 1. The van der Waals surface area contributed by atoms with Gasteiger partial charge in [0.25, 0.3) is 0 Å². The van der Waals surface area contributed by atoms with Gasteiger partial charge >= 0.3 is 0 Å². The molecule has 100 valence electrons. The van der Waals surface area contributed by atoms with Gasteiger partial charge in [-0.05, 0) is 48.1 Å². The molecule has 3 rings (SSSR count). The Morgan fingerprint density at radius 1 is 1.25 bits per heavy atom. The van der Waals surface area contributed by atoms with Gasteiger partial charge in [0.2, 0.25) is 0 Å². The Hall–Kier alpha value is -1.85. The molecule has 2 aromatic carbocycles. The lowest BCUT2D eigenvalue weighted by atomic mass is 9.78. The first-order valence-corrected chi connectivity index (χ1v) is 6.96. The molecule has 1 aliphatic carbocycles. The summed E-state index contributed by atoms with van der Waals surface area (Å²) in [4.78, 5) is 0. The van der Waals surface area contributed by atoms with Crippen LogP contribution in [-0.2, 0) is 18.3 Å². The second-order valence-corrected chi connectivity index (χ2v) is 5.68. The minimum atomic E-state index is -0.516. The smallest absolute Gasteiger partial charge is 0.141 e. The van der Waals surface area contributed by atoms with Crippen LogP contribution in [0.3, 0.4) is 0 Å². The number of rotatable bonds is 2. The van der Waals surface area contributed by atoms with Gasteiger partial charge in [0, 0.05) is 0 Å². The average Bonchev–Trinajstić information content (AvgIpc) is 2.83. The van der Waals surface area contributed by atoms with E-state index in [0.717, 1.165) is 24.0 Å².